The molecular formula is C14H18N2O4S. The van der Waals surface area contributed by atoms with Crippen molar-refractivity contribution in [2.45, 2.75) is 13.8 Å². The van der Waals surface area contributed by atoms with Crippen LogP contribution >= 0.6 is 11.8 Å². The van der Waals surface area contributed by atoms with Crippen LogP contribution in [0.1, 0.15) is 13.8 Å². The summed E-state index contributed by atoms with van der Waals surface area (Å²) in [6.45, 7) is 3.51. The van der Waals surface area contributed by atoms with Crippen molar-refractivity contribution in [1.29, 1.82) is 0 Å². The van der Waals surface area contributed by atoms with Crippen LogP contribution < -0.4 is 10.1 Å². The van der Waals surface area contributed by atoms with Gasteiger partial charge >= 0.3 is 5.97 Å². The summed E-state index contributed by atoms with van der Waals surface area (Å²) in [7, 11) is 1.58. The average Bonchev–Trinajstić information content (AvgIpc) is 2.48. The fourth-order valence-electron chi connectivity index (χ4n) is 1.24. The molecule has 114 valence electrons. The number of benzene rings is 1. The molecular weight excluding hydrogens is 292 g/mol. The van der Waals surface area contributed by atoms with E-state index < -0.39 is 0 Å². The number of hydrogen-bond acceptors (Lipinski definition) is 6. The third-order valence-electron chi connectivity index (χ3n) is 2.35. The topological polar surface area (TPSA) is 77.0 Å². The predicted octanol–water partition coefficient (Wildman–Crippen LogP) is 2.32. The predicted molar refractivity (Wildman–Crippen MR) is 82.7 cm³/mol. The minimum atomic E-state index is -0.294. The van der Waals surface area contributed by atoms with Gasteiger partial charge in [-0.15, -0.1) is 0 Å². The Morgan fingerprint density at radius 3 is 2.57 bits per heavy atom. The molecule has 1 amide bonds. The molecule has 0 radical (unpaired) electrons. The van der Waals surface area contributed by atoms with Crippen molar-refractivity contribution >= 4 is 35.0 Å². The van der Waals surface area contributed by atoms with Crippen LogP contribution in [0.4, 0.5) is 5.69 Å². The van der Waals surface area contributed by atoms with E-state index in [1.54, 1.807) is 45.2 Å². The van der Waals surface area contributed by atoms with Crippen LogP contribution in [0.25, 0.3) is 0 Å². The third kappa shape index (κ3) is 6.31. The standard InChI is InChI=1S/C14H18N2O4S/c1-10(2)13(18)20-9-21-14(15-8-17)16-11-4-6-12(19-3)7-5-11/h4-8,10H,9H2,1-3H3,(H,15,16,17). The minimum absolute atomic E-state index is 0.0901. The maximum absolute atomic E-state index is 11.3. The Balaban J connectivity index is 2.64. The smallest absolute Gasteiger partial charge is 0.309 e. The van der Waals surface area contributed by atoms with Crippen molar-refractivity contribution in [1.82, 2.24) is 5.32 Å². The number of amidine groups is 1. The van der Waals surface area contributed by atoms with Gasteiger partial charge in [0, 0.05) is 0 Å². The molecule has 0 spiro atoms. The Kier molecular flexibility index (Phi) is 7.31. The number of carbonyl (C=O) groups excluding carboxylic acids is 2. The molecule has 1 N–H and O–H groups in total. The van der Waals surface area contributed by atoms with Crippen LogP contribution in [0, 0.1) is 5.92 Å². The Hall–Kier alpha value is -2.02. The van der Waals surface area contributed by atoms with Gasteiger partial charge in [-0.2, -0.15) is 0 Å². The van der Waals surface area contributed by atoms with E-state index in [0.29, 0.717) is 17.3 Å². The first-order valence-corrected chi connectivity index (χ1v) is 7.27. The van der Waals surface area contributed by atoms with E-state index in [4.69, 9.17) is 9.47 Å². The third-order valence-corrected chi connectivity index (χ3v) is 3.07. The number of nitrogens with one attached hydrogen (secondary N) is 1. The van der Waals surface area contributed by atoms with Gasteiger partial charge in [0.15, 0.2) is 5.17 Å². The molecule has 0 aromatic heterocycles. The van der Waals surface area contributed by atoms with Crippen LogP contribution in [0.3, 0.4) is 0 Å². The summed E-state index contributed by atoms with van der Waals surface area (Å²) in [6, 6.07) is 7.04. The van der Waals surface area contributed by atoms with Crippen molar-refractivity contribution in [2.24, 2.45) is 10.9 Å². The highest BCUT2D eigenvalue weighted by atomic mass is 32.2. The highest BCUT2D eigenvalue weighted by Crippen LogP contribution is 2.19. The molecule has 1 aromatic carbocycles. The number of hydrogen-bond donors (Lipinski definition) is 1. The van der Waals surface area contributed by atoms with Crippen molar-refractivity contribution in [2.75, 3.05) is 13.0 Å². The molecule has 0 aliphatic carbocycles. The Labute approximate surface area is 127 Å². The quantitative estimate of drug-likeness (QED) is 0.287. The number of thioether (sulfide) groups is 1. The molecule has 0 heterocycles. The summed E-state index contributed by atoms with van der Waals surface area (Å²) in [5, 5.41) is 2.83. The first-order valence-electron chi connectivity index (χ1n) is 6.29. The molecule has 21 heavy (non-hydrogen) atoms. The number of methoxy groups -OCH3 is 1. The summed E-state index contributed by atoms with van der Waals surface area (Å²) in [6.07, 6.45) is 0.527. The number of aliphatic imine (C=N–C) groups is 1. The molecule has 6 nitrogen and oxygen atoms in total. The first-order chi connectivity index (χ1) is 10.1. The van der Waals surface area contributed by atoms with Crippen LogP contribution in [-0.4, -0.2) is 30.6 Å². The SMILES string of the molecule is COc1ccc(N=C(NC=O)SCOC(=O)C(C)C)cc1. The van der Waals surface area contributed by atoms with Gasteiger partial charge in [-0.25, -0.2) is 4.99 Å². The molecule has 1 aromatic rings. The van der Waals surface area contributed by atoms with Crippen molar-refractivity contribution in [3.05, 3.63) is 24.3 Å². The Bertz CT molecular complexity index is 500. The van der Waals surface area contributed by atoms with Gasteiger partial charge in [-0.05, 0) is 36.0 Å². The number of amides is 1. The van der Waals surface area contributed by atoms with Gasteiger partial charge in [0.25, 0.3) is 0 Å². The molecule has 0 fully saturated rings. The van der Waals surface area contributed by atoms with Crippen LogP contribution in [0.2, 0.25) is 0 Å². The number of nitrogens with zero attached hydrogens (tertiary/aromatic N) is 1. The van der Waals surface area contributed by atoms with E-state index >= 15 is 0 Å². The molecule has 0 bridgehead atoms. The Morgan fingerprint density at radius 2 is 2.05 bits per heavy atom. The maximum Gasteiger partial charge on any atom is 0.309 e. The fourth-order valence-corrected chi connectivity index (χ4v) is 1.83. The van der Waals surface area contributed by atoms with Crippen LogP contribution in [0.5, 0.6) is 5.75 Å². The van der Waals surface area contributed by atoms with Gasteiger partial charge in [-0.1, -0.05) is 13.8 Å². The zero-order valence-corrected chi connectivity index (χ0v) is 13.0. The van der Waals surface area contributed by atoms with E-state index in [1.165, 1.54) is 0 Å². The Morgan fingerprint density at radius 1 is 1.38 bits per heavy atom. The van der Waals surface area contributed by atoms with E-state index in [2.05, 4.69) is 10.3 Å². The summed E-state index contributed by atoms with van der Waals surface area (Å²) >= 11 is 1.13. The second-order valence-corrected chi connectivity index (χ2v) is 5.17. The van der Waals surface area contributed by atoms with Crippen LogP contribution in [-0.2, 0) is 14.3 Å². The highest BCUT2D eigenvalue weighted by molar-refractivity contribution is 8.13. The van der Waals surface area contributed by atoms with Crippen LogP contribution in [0.15, 0.2) is 29.3 Å². The maximum atomic E-state index is 11.3. The average molecular weight is 310 g/mol. The highest BCUT2D eigenvalue weighted by Gasteiger charge is 2.09. The van der Waals surface area contributed by atoms with Gasteiger partial charge in [0.05, 0.1) is 18.7 Å². The molecule has 7 heteroatoms. The van der Waals surface area contributed by atoms with E-state index in [1.807, 2.05) is 0 Å². The van der Waals surface area contributed by atoms with E-state index in [9.17, 15) is 9.59 Å². The zero-order chi connectivity index (χ0) is 15.7. The number of ether oxygens (including phenoxy) is 2. The van der Waals surface area contributed by atoms with Gasteiger partial charge in [-0.3, -0.25) is 9.59 Å². The lowest BCUT2D eigenvalue weighted by atomic mass is 10.2. The molecule has 1 rings (SSSR count). The molecule has 0 atom stereocenters. The largest absolute Gasteiger partial charge is 0.497 e. The molecule has 0 saturated carbocycles. The fraction of sp³-hybridized carbons (Fsp3) is 0.357. The lowest BCUT2D eigenvalue weighted by Crippen LogP contribution is -2.20. The zero-order valence-electron chi connectivity index (χ0n) is 12.2. The molecule has 0 unspecified atom stereocenters. The molecule has 0 aliphatic heterocycles. The number of carbonyl (C=O) groups is 2. The number of rotatable bonds is 6. The summed E-state index contributed by atoms with van der Waals surface area (Å²) in [5.74, 6) is 0.328. The van der Waals surface area contributed by atoms with Gasteiger partial charge < -0.3 is 14.8 Å². The van der Waals surface area contributed by atoms with Crippen molar-refractivity contribution in [3.63, 3.8) is 0 Å². The summed E-state index contributed by atoms with van der Waals surface area (Å²) < 4.78 is 10.1. The molecule has 0 aliphatic rings. The lowest BCUT2D eigenvalue weighted by molar-refractivity contribution is -0.144. The summed E-state index contributed by atoms with van der Waals surface area (Å²) in [4.78, 5) is 26.2. The normalized spacial score (nSPS) is 11.1. The number of esters is 1. The lowest BCUT2D eigenvalue weighted by Gasteiger charge is -2.08. The van der Waals surface area contributed by atoms with Gasteiger partial charge in [0.2, 0.25) is 6.41 Å². The summed E-state index contributed by atoms with van der Waals surface area (Å²) in [5.41, 5.74) is 0.655. The van der Waals surface area contributed by atoms with Crippen molar-refractivity contribution < 1.29 is 19.1 Å². The second kappa shape index (κ2) is 9.02. The van der Waals surface area contributed by atoms with Gasteiger partial charge in [0.1, 0.15) is 11.7 Å². The second-order valence-electron chi connectivity index (χ2n) is 4.26. The minimum Gasteiger partial charge on any atom is -0.497 e. The van der Waals surface area contributed by atoms with E-state index in [0.717, 1.165) is 17.5 Å². The molecule has 0 saturated heterocycles. The monoisotopic (exact) mass is 310 g/mol. The van der Waals surface area contributed by atoms with Crippen molar-refractivity contribution in [3.8, 4) is 5.75 Å². The first kappa shape index (κ1) is 17.0. The van der Waals surface area contributed by atoms with E-state index in [-0.39, 0.29) is 17.8 Å².